The second-order valence-electron chi connectivity index (χ2n) is 4.59. The summed E-state index contributed by atoms with van der Waals surface area (Å²) >= 11 is 0. The molecule has 3 nitrogen and oxygen atoms in total. The van der Waals surface area contributed by atoms with Gasteiger partial charge in [0.25, 0.3) is 0 Å². The van der Waals surface area contributed by atoms with Crippen LogP contribution < -0.4 is 5.32 Å². The first-order valence-corrected chi connectivity index (χ1v) is 6.10. The van der Waals surface area contributed by atoms with E-state index in [1.165, 1.54) is 18.2 Å². The van der Waals surface area contributed by atoms with E-state index in [9.17, 15) is 8.78 Å². The van der Waals surface area contributed by atoms with Crippen LogP contribution in [-0.2, 0) is 11.3 Å². The summed E-state index contributed by atoms with van der Waals surface area (Å²) in [6.45, 7) is 3.25. The van der Waals surface area contributed by atoms with Crippen molar-refractivity contribution in [1.82, 2.24) is 10.2 Å². The highest BCUT2D eigenvalue weighted by Crippen LogP contribution is 2.11. The van der Waals surface area contributed by atoms with E-state index < -0.39 is 11.6 Å². The highest BCUT2D eigenvalue weighted by atomic mass is 19.1. The third kappa shape index (κ3) is 3.48. The van der Waals surface area contributed by atoms with E-state index in [1.807, 2.05) is 7.05 Å². The summed E-state index contributed by atoms with van der Waals surface area (Å²) in [6.07, 6.45) is 0.0820. The lowest BCUT2D eigenvalue weighted by molar-refractivity contribution is -0.0182. The lowest BCUT2D eigenvalue weighted by atomic mass is 10.2. The maximum atomic E-state index is 13.4. The summed E-state index contributed by atoms with van der Waals surface area (Å²) < 4.78 is 32.3. The number of ether oxygens (including phenoxy) is 1. The Morgan fingerprint density at radius 1 is 1.39 bits per heavy atom. The average molecular weight is 256 g/mol. The molecule has 1 aliphatic rings. The van der Waals surface area contributed by atoms with Crippen LogP contribution in [0.3, 0.4) is 0 Å². The molecule has 1 fully saturated rings. The summed E-state index contributed by atoms with van der Waals surface area (Å²) in [5, 5.41) is 3.04. The predicted octanol–water partition coefficient (Wildman–Crippen LogP) is 1.38. The van der Waals surface area contributed by atoms with E-state index in [1.54, 1.807) is 0 Å². The van der Waals surface area contributed by atoms with Crippen molar-refractivity contribution in [1.29, 1.82) is 0 Å². The molecule has 2 rings (SSSR count). The van der Waals surface area contributed by atoms with Gasteiger partial charge in [0.05, 0.1) is 12.7 Å². The monoisotopic (exact) mass is 256 g/mol. The van der Waals surface area contributed by atoms with Gasteiger partial charge in [0.2, 0.25) is 0 Å². The van der Waals surface area contributed by atoms with Crippen LogP contribution in [0, 0.1) is 11.6 Å². The van der Waals surface area contributed by atoms with Crippen LogP contribution in [0.2, 0.25) is 0 Å². The van der Waals surface area contributed by atoms with Gasteiger partial charge in [0.15, 0.2) is 0 Å². The molecule has 0 amide bonds. The summed E-state index contributed by atoms with van der Waals surface area (Å²) in [7, 11) is 2.03. The number of hydrogen-bond acceptors (Lipinski definition) is 3. The first-order chi connectivity index (χ1) is 8.66. The average Bonchev–Trinajstić information content (AvgIpc) is 2.33. The summed E-state index contributed by atoms with van der Waals surface area (Å²) in [4.78, 5) is 2.18. The standard InChI is InChI=1S/C13H18F2N2O/c1-17-5-6-18-10(9-17)7-16-8-11-12(14)3-2-4-13(11)15/h2-4,10,16H,5-9H2,1H3/t10-/m1/s1. The Balaban J connectivity index is 1.81. The van der Waals surface area contributed by atoms with E-state index in [0.29, 0.717) is 13.2 Å². The van der Waals surface area contributed by atoms with Crippen LogP contribution in [0.15, 0.2) is 18.2 Å². The molecule has 0 radical (unpaired) electrons. The van der Waals surface area contributed by atoms with Gasteiger partial charge < -0.3 is 15.0 Å². The van der Waals surface area contributed by atoms with Gasteiger partial charge in [0, 0.05) is 31.7 Å². The van der Waals surface area contributed by atoms with Gasteiger partial charge in [-0.2, -0.15) is 0 Å². The Morgan fingerprint density at radius 2 is 2.11 bits per heavy atom. The fraction of sp³-hybridized carbons (Fsp3) is 0.538. The molecule has 1 aromatic rings. The van der Waals surface area contributed by atoms with Crippen molar-refractivity contribution in [3.8, 4) is 0 Å². The van der Waals surface area contributed by atoms with Crippen LogP contribution in [0.5, 0.6) is 0 Å². The molecule has 1 heterocycles. The maximum absolute atomic E-state index is 13.4. The van der Waals surface area contributed by atoms with Crippen LogP contribution in [0.1, 0.15) is 5.56 Å². The fourth-order valence-electron chi connectivity index (χ4n) is 2.05. The number of benzene rings is 1. The minimum Gasteiger partial charge on any atom is -0.374 e. The molecule has 0 unspecified atom stereocenters. The largest absolute Gasteiger partial charge is 0.374 e. The molecular weight excluding hydrogens is 238 g/mol. The molecule has 1 N–H and O–H groups in total. The smallest absolute Gasteiger partial charge is 0.130 e. The molecule has 1 aliphatic heterocycles. The SMILES string of the molecule is CN1CCO[C@H](CNCc2c(F)cccc2F)C1. The van der Waals surface area contributed by atoms with Crippen molar-refractivity contribution in [3.05, 3.63) is 35.4 Å². The van der Waals surface area contributed by atoms with Crippen LogP contribution in [0.25, 0.3) is 0 Å². The fourth-order valence-corrected chi connectivity index (χ4v) is 2.05. The quantitative estimate of drug-likeness (QED) is 0.881. The molecule has 0 bridgehead atoms. The minimum absolute atomic E-state index is 0.0820. The van der Waals surface area contributed by atoms with E-state index in [4.69, 9.17) is 4.74 Å². The van der Waals surface area contributed by atoms with Crippen LogP contribution in [-0.4, -0.2) is 44.3 Å². The molecular formula is C13H18F2N2O. The highest BCUT2D eigenvalue weighted by Gasteiger charge is 2.17. The van der Waals surface area contributed by atoms with Crippen LogP contribution in [0.4, 0.5) is 8.78 Å². The second kappa shape index (κ2) is 6.22. The van der Waals surface area contributed by atoms with Crippen molar-refractivity contribution in [2.75, 3.05) is 33.3 Å². The molecule has 1 saturated heterocycles. The third-order valence-corrected chi connectivity index (χ3v) is 3.08. The van der Waals surface area contributed by atoms with E-state index in [2.05, 4.69) is 10.2 Å². The maximum Gasteiger partial charge on any atom is 0.130 e. The Kier molecular flexibility index (Phi) is 4.63. The Labute approximate surface area is 106 Å². The third-order valence-electron chi connectivity index (χ3n) is 3.08. The van der Waals surface area contributed by atoms with Crippen molar-refractivity contribution in [2.24, 2.45) is 0 Å². The van der Waals surface area contributed by atoms with E-state index >= 15 is 0 Å². The zero-order chi connectivity index (χ0) is 13.0. The van der Waals surface area contributed by atoms with Gasteiger partial charge in [-0.25, -0.2) is 8.78 Å². The molecule has 1 atom stereocenters. The molecule has 100 valence electrons. The van der Waals surface area contributed by atoms with Gasteiger partial charge in [-0.1, -0.05) is 6.07 Å². The lowest BCUT2D eigenvalue weighted by Crippen LogP contribution is -2.44. The minimum atomic E-state index is -0.510. The first-order valence-electron chi connectivity index (χ1n) is 6.10. The highest BCUT2D eigenvalue weighted by molar-refractivity contribution is 5.19. The number of rotatable bonds is 4. The normalized spacial score (nSPS) is 21.2. The van der Waals surface area contributed by atoms with Crippen molar-refractivity contribution in [3.63, 3.8) is 0 Å². The van der Waals surface area contributed by atoms with Gasteiger partial charge in [-0.05, 0) is 19.2 Å². The number of halogens is 2. The van der Waals surface area contributed by atoms with Crippen molar-refractivity contribution in [2.45, 2.75) is 12.6 Å². The number of hydrogen-bond donors (Lipinski definition) is 1. The molecule has 5 heteroatoms. The molecule has 1 aromatic carbocycles. The number of nitrogens with one attached hydrogen (secondary N) is 1. The topological polar surface area (TPSA) is 24.5 Å². The zero-order valence-electron chi connectivity index (χ0n) is 10.5. The van der Waals surface area contributed by atoms with E-state index in [-0.39, 0.29) is 18.2 Å². The number of nitrogens with zero attached hydrogens (tertiary/aromatic N) is 1. The predicted molar refractivity (Wildman–Crippen MR) is 65.3 cm³/mol. The van der Waals surface area contributed by atoms with Gasteiger partial charge in [-0.3, -0.25) is 0 Å². The Morgan fingerprint density at radius 3 is 2.78 bits per heavy atom. The van der Waals surface area contributed by atoms with Gasteiger partial charge in [-0.15, -0.1) is 0 Å². The van der Waals surface area contributed by atoms with Crippen molar-refractivity contribution < 1.29 is 13.5 Å². The Bertz CT molecular complexity index is 380. The Hall–Kier alpha value is -1.04. The molecule has 18 heavy (non-hydrogen) atoms. The van der Waals surface area contributed by atoms with Crippen LogP contribution >= 0.6 is 0 Å². The van der Waals surface area contributed by atoms with Gasteiger partial charge in [0.1, 0.15) is 11.6 Å². The van der Waals surface area contributed by atoms with E-state index in [0.717, 1.165) is 13.1 Å². The summed E-state index contributed by atoms with van der Waals surface area (Å²) in [5.41, 5.74) is 0.0849. The van der Waals surface area contributed by atoms with Gasteiger partial charge >= 0.3 is 0 Å². The number of likely N-dealkylation sites (N-methyl/N-ethyl adjacent to an activating group) is 1. The second-order valence-corrected chi connectivity index (χ2v) is 4.59. The van der Waals surface area contributed by atoms with Crippen molar-refractivity contribution >= 4 is 0 Å². The lowest BCUT2D eigenvalue weighted by Gasteiger charge is -2.30. The molecule has 0 aromatic heterocycles. The zero-order valence-corrected chi connectivity index (χ0v) is 10.5. The first kappa shape index (κ1) is 13.4. The molecule has 0 saturated carbocycles. The molecule has 0 aliphatic carbocycles. The summed E-state index contributed by atoms with van der Waals surface area (Å²) in [5.74, 6) is -1.02. The summed E-state index contributed by atoms with van der Waals surface area (Å²) in [6, 6.07) is 3.91. The molecule has 0 spiro atoms. The number of morpholine rings is 1.